The normalized spacial score (nSPS) is 10.5. The van der Waals surface area contributed by atoms with Gasteiger partial charge in [-0.05, 0) is 36.2 Å². The van der Waals surface area contributed by atoms with Gasteiger partial charge in [0.05, 0.1) is 5.75 Å². The molecule has 0 atom stereocenters. The molecule has 8 nitrogen and oxygen atoms in total. The highest BCUT2D eigenvalue weighted by Crippen LogP contribution is 2.17. The number of anilines is 2. The maximum atomic E-state index is 12.3. The molecule has 0 aliphatic rings. The van der Waals surface area contributed by atoms with E-state index in [9.17, 15) is 14.4 Å². The highest BCUT2D eigenvalue weighted by atomic mass is 35.5. The number of nitrogens with zero attached hydrogens (tertiary/aromatic N) is 1. The minimum Gasteiger partial charge on any atom is -0.382 e. The first-order valence-corrected chi connectivity index (χ1v) is 10.7. The second kappa shape index (κ2) is 10.6. The van der Waals surface area contributed by atoms with Crippen LogP contribution in [0.4, 0.5) is 11.5 Å². The van der Waals surface area contributed by atoms with E-state index in [1.54, 1.807) is 12.1 Å². The number of amides is 2. The summed E-state index contributed by atoms with van der Waals surface area (Å²) in [5, 5.41) is 5.93. The summed E-state index contributed by atoms with van der Waals surface area (Å²) in [7, 11) is 0. The topological polar surface area (TPSA) is 130 Å². The van der Waals surface area contributed by atoms with E-state index in [0.29, 0.717) is 17.1 Å². The molecule has 2 amide bonds. The molecule has 10 heteroatoms. The highest BCUT2D eigenvalue weighted by Gasteiger charge is 2.14. The lowest BCUT2D eigenvalue weighted by atomic mass is 10.1. The molecular formula is C21H20ClN5O3S. The number of carbonyl (C=O) groups excluding carboxylic acids is 2. The third-order valence-corrected chi connectivity index (χ3v) is 5.31. The number of aromatic amines is 1. The van der Waals surface area contributed by atoms with Gasteiger partial charge in [-0.3, -0.25) is 19.4 Å². The summed E-state index contributed by atoms with van der Waals surface area (Å²) in [6.07, 6.45) is 0.724. The summed E-state index contributed by atoms with van der Waals surface area (Å²) in [5.74, 6) is -0.789. The van der Waals surface area contributed by atoms with Crippen molar-refractivity contribution in [1.82, 2.24) is 15.3 Å². The number of hydrogen-bond acceptors (Lipinski definition) is 6. The van der Waals surface area contributed by atoms with Crippen molar-refractivity contribution in [3.8, 4) is 0 Å². The van der Waals surface area contributed by atoms with E-state index >= 15 is 0 Å². The predicted octanol–water partition coefficient (Wildman–Crippen LogP) is 2.71. The van der Waals surface area contributed by atoms with E-state index in [4.69, 9.17) is 17.3 Å². The molecule has 1 heterocycles. The second-order valence-corrected chi connectivity index (χ2v) is 7.87. The van der Waals surface area contributed by atoms with Gasteiger partial charge in [-0.1, -0.05) is 53.7 Å². The first-order valence-electron chi connectivity index (χ1n) is 9.32. The average Bonchev–Trinajstić information content (AvgIpc) is 2.76. The summed E-state index contributed by atoms with van der Waals surface area (Å²) in [6, 6.07) is 16.0. The van der Waals surface area contributed by atoms with Crippen LogP contribution in [0.15, 0.2) is 64.5 Å². The van der Waals surface area contributed by atoms with E-state index in [-0.39, 0.29) is 28.3 Å². The zero-order valence-electron chi connectivity index (χ0n) is 16.4. The molecule has 3 aromatic rings. The molecule has 0 aliphatic heterocycles. The van der Waals surface area contributed by atoms with Gasteiger partial charge in [0, 0.05) is 17.1 Å². The SMILES string of the molecule is Nc1nc(SCC(=O)NCCc2ccccc2)[nH]c(=O)c1NC(=O)c1ccc(Cl)cc1. The van der Waals surface area contributed by atoms with Gasteiger partial charge in [0.2, 0.25) is 5.91 Å². The van der Waals surface area contributed by atoms with Crippen LogP contribution in [0.2, 0.25) is 5.02 Å². The van der Waals surface area contributed by atoms with Crippen molar-refractivity contribution in [2.75, 3.05) is 23.3 Å². The van der Waals surface area contributed by atoms with Crippen LogP contribution in [-0.4, -0.2) is 34.1 Å². The molecule has 0 unspecified atom stereocenters. The molecule has 5 N–H and O–H groups in total. The lowest BCUT2D eigenvalue weighted by Gasteiger charge is -2.09. The molecule has 31 heavy (non-hydrogen) atoms. The standard InChI is InChI=1S/C21H20ClN5O3S/c22-15-8-6-14(7-9-15)19(29)25-17-18(23)26-21(27-20(17)30)31-12-16(28)24-11-10-13-4-2-1-3-5-13/h1-9H,10-12H2,(H,24,28)(H,25,29)(H3,23,26,27,30). The van der Waals surface area contributed by atoms with E-state index in [0.717, 1.165) is 23.7 Å². The Morgan fingerprint density at radius 1 is 1.10 bits per heavy atom. The Balaban J connectivity index is 1.53. The summed E-state index contributed by atoms with van der Waals surface area (Å²) >= 11 is 6.85. The van der Waals surface area contributed by atoms with Crippen molar-refractivity contribution in [3.05, 3.63) is 81.1 Å². The summed E-state index contributed by atoms with van der Waals surface area (Å²) < 4.78 is 0. The van der Waals surface area contributed by atoms with Gasteiger partial charge < -0.3 is 16.4 Å². The van der Waals surface area contributed by atoms with Crippen LogP contribution in [0.5, 0.6) is 0 Å². The van der Waals surface area contributed by atoms with Gasteiger partial charge in [0.15, 0.2) is 11.0 Å². The summed E-state index contributed by atoms with van der Waals surface area (Å²) in [5.41, 5.74) is 6.52. The Bertz CT molecular complexity index is 1120. The van der Waals surface area contributed by atoms with Crippen molar-refractivity contribution < 1.29 is 9.59 Å². The predicted molar refractivity (Wildman–Crippen MR) is 123 cm³/mol. The van der Waals surface area contributed by atoms with Crippen LogP contribution in [0.25, 0.3) is 0 Å². The molecule has 160 valence electrons. The number of nitrogen functional groups attached to an aromatic ring is 1. The Labute approximate surface area is 187 Å². The Morgan fingerprint density at radius 2 is 1.81 bits per heavy atom. The Morgan fingerprint density at radius 3 is 2.48 bits per heavy atom. The fraction of sp³-hybridized carbons (Fsp3) is 0.143. The molecule has 0 aliphatic carbocycles. The lowest BCUT2D eigenvalue weighted by molar-refractivity contribution is -0.118. The van der Waals surface area contributed by atoms with Gasteiger partial charge in [-0.2, -0.15) is 0 Å². The van der Waals surface area contributed by atoms with Crippen LogP contribution in [0, 0.1) is 0 Å². The molecule has 0 bridgehead atoms. The molecule has 0 radical (unpaired) electrons. The third-order valence-electron chi connectivity index (χ3n) is 4.19. The zero-order valence-corrected chi connectivity index (χ0v) is 17.9. The monoisotopic (exact) mass is 457 g/mol. The van der Waals surface area contributed by atoms with Crippen molar-refractivity contribution in [2.45, 2.75) is 11.6 Å². The number of rotatable bonds is 8. The fourth-order valence-electron chi connectivity index (χ4n) is 2.62. The van der Waals surface area contributed by atoms with Gasteiger partial charge in [0.25, 0.3) is 11.5 Å². The molecule has 0 saturated heterocycles. The first-order chi connectivity index (χ1) is 14.9. The first kappa shape index (κ1) is 22.4. The average molecular weight is 458 g/mol. The molecule has 3 rings (SSSR count). The van der Waals surface area contributed by atoms with Crippen LogP contribution in [-0.2, 0) is 11.2 Å². The molecular weight excluding hydrogens is 438 g/mol. The van der Waals surface area contributed by atoms with Crippen molar-refractivity contribution in [3.63, 3.8) is 0 Å². The fourth-order valence-corrected chi connectivity index (χ4v) is 3.44. The number of hydrogen-bond donors (Lipinski definition) is 4. The van der Waals surface area contributed by atoms with Crippen molar-refractivity contribution >= 4 is 46.7 Å². The van der Waals surface area contributed by atoms with Crippen LogP contribution < -0.4 is 21.9 Å². The summed E-state index contributed by atoms with van der Waals surface area (Å²) in [4.78, 5) is 43.2. The maximum absolute atomic E-state index is 12.3. The van der Waals surface area contributed by atoms with Crippen LogP contribution in [0.3, 0.4) is 0 Å². The largest absolute Gasteiger partial charge is 0.382 e. The van der Waals surface area contributed by atoms with Gasteiger partial charge >= 0.3 is 0 Å². The number of aromatic nitrogens is 2. The number of nitrogens with one attached hydrogen (secondary N) is 3. The zero-order chi connectivity index (χ0) is 22.2. The molecule has 0 saturated carbocycles. The van der Waals surface area contributed by atoms with E-state index < -0.39 is 11.5 Å². The quantitative estimate of drug-likeness (QED) is 0.304. The molecule has 0 fully saturated rings. The number of H-pyrrole nitrogens is 1. The Hall–Kier alpha value is -3.30. The van der Waals surface area contributed by atoms with Crippen LogP contribution in [0.1, 0.15) is 15.9 Å². The Kier molecular flexibility index (Phi) is 7.69. The third kappa shape index (κ3) is 6.59. The smallest absolute Gasteiger partial charge is 0.277 e. The van der Waals surface area contributed by atoms with Gasteiger partial charge in [-0.15, -0.1) is 0 Å². The molecule has 0 spiro atoms. The number of benzene rings is 2. The lowest BCUT2D eigenvalue weighted by Crippen LogP contribution is -2.27. The van der Waals surface area contributed by atoms with Crippen molar-refractivity contribution in [2.24, 2.45) is 0 Å². The van der Waals surface area contributed by atoms with E-state index in [1.165, 1.54) is 12.1 Å². The number of thioether (sulfide) groups is 1. The minimum atomic E-state index is -0.609. The van der Waals surface area contributed by atoms with E-state index in [1.807, 2.05) is 30.3 Å². The number of halogens is 1. The molecule has 1 aromatic heterocycles. The summed E-state index contributed by atoms with van der Waals surface area (Å²) in [6.45, 7) is 0.505. The maximum Gasteiger partial charge on any atom is 0.277 e. The molecule has 2 aromatic carbocycles. The number of carbonyl (C=O) groups is 2. The number of nitrogens with two attached hydrogens (primary N) is 1. The second-order valence-electron chi connectivity index (χ2n) is 6.47. The minimum absolute atomic E-state index is 0.0631. The van der Waals surface area contributed by atoms with Gasteiger partial charge in [0.1, 0.15) is 5.69 Å². The highest BCUT2D eigenvalue weighted by molar-refractivity contribution is 7.99. The van der Waals surface area contributed by atoms with Gasteiger partial charge in [-0.25, -0.2) is 4.98 Å². The van der Waals surface area contributed by atoms with Crippen molar-refractivity contribution in [1.29, 1.82) is 0 Å². The van der Waals surface area contributed by atoms with E-state index in [2.05, 4.69) is 20.6 Å². The van der Waals surface area contributed by atoms with Crippen LogP contribution >= 0.6 is 23.4 Å².